The van der Waals surface area contributed by atoms with Gasteiger partial charge in [-0.3, -0.25) is 4.79 Å². The topological polar surface area (TPSA) is 45.2 Å². The van der Waals surface area contributed by atoms with E-state index in [-0.39, 0.29) is 5.91 Å². The van der Waals surface area contributed by atoms with Gasteiger partial charge in [-0.05, 0) is 102 Å². The van der Waals surface area contributed by atoms with E-state index in [9.17, 15) is 4.79 Å². The van der Waals surface area contributed by atoms with Crippen molar-refractivity contribution in [1.29, 1.82) is 0 Å². The van der Waals surface area contributed by atoms with Crippen molar-refractivity contribution >= 4 is 51.8 Å². The van der Waals surface area contributed by atoms with Gasteiger partial charge in [-0.2, -0.15) is 11.8 Å². The molecule has 6 heteroatoms. The van der Waals surface area contributed by atoms with E-state index in [1.54, 1.807) is 0 Å². The van der Waals surface area contributed by atoms with E-state index in [2.05, 4.69) is 53.0 Å². The van der Waals surface area contributed by atoms with Crippen molar-refractivity contribution in [2.75, 3.05) is 16.8 Å². The zero-order valence-corrected chi connectivity index (χ0v) is 19.0. The highest BCUT2D eigenvalue weighted by atomic mass is 127. The Kier molecular flexibility index (Phi) is 5.03. The van der Waals surface area contributed by atoms with Crippen LogP contribution < -0.4 is 5.32 Å². The minimum absolute atomic E-state index is 0.108. The summed E-state index contributed by atoms with van der Waals surface area (Å²) in [4.78, 5) is 19.8. The third-order valence-corrected chi connectivity index (χ3v) is 8.24. The first-order chi connectivity index (χ1) is 13.6. The molecule has 4 nitrogen and oxygen atoms in total. The number of halogens is 1. The van der Waals surface area contributed by atoms with Gasteiger partial charge in [0, 0.05) is 27.4 Å². The lowest BCUT2D eigenvalue weighted by atomic mass is 10.1. The van der Waals surface area contributed by atoms with Gasteiger partial charge in [-0.1, -0.05) is 6.07 Å². The molecular weight excluding hydrogens is 481 g/mol. The van der Waals surface area contributed by atoms with E-state index in [0.717, 1.165) is 41.4 Å². The lowest BCUT2D eigenvalue weighted by molar-refractivity contribution is 0.0689. The van der Waals surface area contributed by atoms with Crippen LogP contribution in [0, 0.1) is 10.5 Å². The van der Waals surface area contributed by atoms with Crippen LogP contribution in [0.25, 0.3) is 0 Å². The Bertz CT molecular complexity index is 938. The van der Waals surface area contributed by atoms with Crippen LogP contribution in [-0.2, 0) is 6.54 Å². The lowest BCUT2D eigenvalue weighted by Crippen LogP contribution is -2.38. The number of amides is 1. The zero-order chi connectivity index (χ0) is 19.3. The lowest BCUT2D eigenvalue weighted by Gasteiger charge is -2.30. The summed E-state index contributed by atoms with van der Waals surface area (Å²) in [5, 5.41) is 3.52. The summed E-state index contributed by atoms with van der Waals surface area (Å²) in [7, 11) is 0. The van der Waals surface area contributed by atoms with Gasteiger partial charge in [0.2, 0.25) is 0 Å². The Balaban J connectivity index is 1.40. The van der Waals surface area contributed by atoms with E-state index in [0.29, 0.717) is 24.2 Å². The molecule has 5 rings (SSSR count). The second-order valence-corrected chi connectivity index (χ2v) is 10.5. The fourth-order valence-electron chi connectivity index (χ4n) is 4.23. The Morgan fingerprint density at radius 2 is 1.96 bits per heavy atom. The SMILES string of the molecule is Cc1cc(Nc2ccc3c(n2)C(=O)N(C2CCSCC2)C3)c(C2CC2)cc1I. The number of carbonyl (C=O) groups is 1. The van der Waals surface area contributed by atoms with Crippen LogP contribution in [0.3, 0.4) is 0 Å². The summed E-state index contributed by atoms with van der Waals surface area (Å²) >= 11 is 4.41. The Hall–Kier alpha value is -1.28. The number of thioether (sulfide) groups is 1. The monoisotopic (exact) mass is 505 g/mol. The average molecular weight is 505 g/mol. The number of rotatable bonds is 4. The first-order valence-corrected chi connectivity index (χ1v) is 12.3. The van der Waals surface area contributed by atoms with Crippen LogP contribution in [0.4, 0.5) is 11.5 Å². The first-order valence-electron chi connectivity index (χ1n) is 10.1. The van der Waals surface area contributed by atoms with Crippen molar-refractivity contribution in [3.63, 3.8) is 0 Å². The number of anilines is 2. The van der Waals surface area contributed by atoms with E-state index in [1.807, 2.05) is 22.7 Å². The summed E-state index contributed by atoms with van der Waals surface area (Å²) in [6.07, 6.45) is 4.72. The third kappa shape index (κ3) is 3.54. The molecule has 1 saturated heterocycles. The zero-order valence-electron chi connectivity index (χ0n) is 16.0. The summed E-state index contributed by atoms with van der Waals surface area (Å²) in [5.74, 6) is 3.85. The van der Waals surface area contributed by atoms with Gasteiger partial charge in [0.15, 0.2) is 0 Å². The molecule has 0 spiro atoms. The molecule has 3 aliphatic rings. The second-order valence-electron chi connectivity index (χ2n) is 8.07. The molecule has 0 atom stereocenters. The van der Waals surface area contributed by atoms with Crippen LogP contribution in [0.2, 0.25) is 0 Å². The molecule has 28 heavy (non-hydrogen) atoms. The highest BCUT2D eigenvalue weighted by molar-refractivity contribution is 14.1. The minimum Gasteiger partial charge on any atom is -0.340 e. The Morgan fingerprint density at radius 3 is 2.71 bits per heavy atom. The Labute approximate surface area is 184 Å². The number of carbonyl (C=O) groups excluding carboxylic acids is 1. The molecule has 1 saturated carbocycles. The van der Waals surface area contributed by atoms with Crippen molar-refractivity contribution < 1.29 is 4.79 Å². The van der Waals surface area contributed by atoms with Crippen molar-refractivity contribution in [3.05, 3.63) is 50.2 Å². The molecule has 3 heterocycles. The number of pyridine rings is 1. The van der Waals surface area contributed by atoms with Gasteiger partial charge < -0.3 is 10.2 Å². The smallest absolute Gasteiger partial charge is 0.273 e. The Morgan fingerprint density at radius 1 is 1.18 bits per heavy atom. The van der Waals surface area contributed by atoms with Gasteiger partial charge in [0.05, 0.1) is 0 Å². The summed E-state index contributed by atoms with van der Waals surface area (Å²) < 4.78 is 1.31. The van der Waals surface area contributed by atoms with Gasteiger partial charge >= 0.3 is 0 Å². The van der Waals surface area contributed by atoms with Crippen LogP contribution >= 0.6 is 34.4 Å². The van der Waals surface area contributed by atoms with Gasteiger partial charge in [0.1, 0.15) is 11.5 Å². The van der Waals surface area contributed by atoms with Gasteiger partial charge in [-0.15, -0.1) is 0 Å². The molecule has 2 aromatic rings. The number of aryl methyl sites for hydroxylation is 1. The van der Waals surface area contributed by atoms with Gasteiger partial charge in [-0.25, -0.2) is 4.98 Å². The number of nitrogens with zero attached hydrogens (tertiary/aromatic N) is 2. The van der Waals surface area contributed by atoms with E-state index in [1.165, 1.54) is 27.5 Å². The van der Waals surface area contributed by atoms with E-state index >= 15 is 0 Å². The number of benzene rings is 1. The van der Waals surface area contributed by atoms with Gasteiger partial charge in [0.25, 0.3) is 5.91 Å². The van der Waals surface area contributed by atoms with Crippen LogP contribution in [-0.4, -0.2) is 33.3 Å². The molecule has 1 amide bonds. The molecule has 2 aliphatic heterocycles. The third-order valence-electron chi connectivity index (χ3n) is 6.03. The predicted molar refractivity (Wildman–Crippen MR) is 124 cm³/mol. The maximum absolute atomic E-state index is 13.0. The quantitative estimate of drug-likeness (QED) is 0.561. The van der Waals surface area contributed by atoms with Crippen LogP contribution in [0.1, 0.15) is 58.8 Å². The number of aromatic nitrogens is 1. The molecule has 0 radical (unpaired) electrons. The van der Waals surface area contributed by atoms with Crippen molar-refractivity contribution in [3.8, 4) is 0 Å². The molecule has 1 aromatic heterocycles. The normalized spacial score (nSPS) is 19.8. The van der Waals surface area contributed by atoms with Crippen molar-refractivity contribution in [1.82, 2.24) is 9.88 Å². The molecular formula is C22H24IN3OS. The molecule has 0 unspecified atom stereocenters. The first kappa shape index (κ1) is 18.7. The second kappa shape index (κ2) is 7.52. The number of hydrogen-bond acceptors (Lipinski definition) is 4. The van der Waals surface area contributed by atoms with Crippen molar-refractivity contribution in [2.45, 2.75) is 51.1 Å². The molecule has 2 fully saturated rings. The van der Waals surface area contributed by atoms with E-state index < -0.39 is 0 Å². The molecule has 1 aliphatic carbocycles. The standard InChI is InChI=1S/C22H24IN3OS/c1-13-10-19(17(11-18(13)23)14-2-3-14)24-20-5-4-15-12-26(22(27)21(15)25-20)16-6-8-28-9-7-16/h4-5,10-11,14,16H,2-3,6-9,12H2,1H3,(H,24,25). The largest absolute Gasteiger partial charge is 0.340 e. The summed E-state index contributed by atoms with van der Waals surface area (Å²) in [6.45, 7) is 2.86. The highest BCUT2D eigenvalue weighted by Gasteiger charge is 2.35. The molecule has 0 bridgehead atoms. The van der Waals surface area contributed by atoms with Crippen molar-refractivity contribution in [2.24, 2.45) is 0 Å². The van der Waals surface area contributed by atoms with Crippen LogP contribution in [0.15, 0.2) is 24.3 Å². The minimum atomic E-state index is 0.108. The fourth-order valence-corrected chi connectivity index (χ4v) is 5.80. The average Bonchev–Trinajstić information content (AvgIpc) is 3.50. The predicted octanol–water partition coefficient (Wildman–Crippen LogP) is 5.47. The highest BCUT2D eigenvalue weighted by Crippen LogP contribution is 2.45. The number of fused-ring (bicyclic) bond motifs is 1. The fraction of sp³-hybridized carbons (Fsp3) is 0.455. The number of hydrogen-bond donors (Lipinski definition) is 1. The molecule has 1 N–H and O–H groups in total. The summed E-state index contributed by atoms with van der Waals surface area (Å²) in [6, 6.07) is 9.00. The number of nitrogens with one attached hydrogen (secondary N) is 1. The summed E-state index contributed by atoms with van der Waals surface area (Å²) in [5.41, 5.74) is 5.49. The maximum Gasteiger partial charge on any atom is 0.273 e. The maximum atomic E-state index is 13.0. The van der Waals surface area contributed by atoms with Crippen LogP contribution in [0.5, 0.6) is 0 Å². The molecule has 1 aromatic carbocycles. The molecule has 146 valence electrons. The van der Waals surface area contributed by atoms with E-state index in [4.69, 9.17) is 4.98 Å².